The Kier molecular flexibility index (Phi) is 6.54. The normalized spacial score (nSPS) is 13.1. The third-order valence-corrected chi connectivity index (χ3v) is 10.8. The van der Waals surface area contributed by atoms with Crippen LogP contribution in [0.3, 0.4) is 0 Å². The standard InChI is InChI=1S/C55H35N3/c1-3-18-37(19-4-1)41-23-9-16-30-49(41)54-56-53(38-20-5-2-6-21-38)57-55(58-54)50-34-33-48(42-24-10-11-25-43(42)50)52-46-28-14-12-26-44(46)51(45-27-13-15-29-47(45)52)40-32-31-36-17-7-8-22-39(36)35-40/h1-35H/i7D,8D,17D,22D,31D,32D,35D. The van der Waals surface area contributed by atoms with Crippen LogP contribution in [0.2, 0.25) is 0 Å². The van der Waals surface area contributed by atoms with E-state index in [9.17, 15) is 2.74 Å². The molecule has 0 saturated carbocycles. The van der Waals surface area contributed by atoms with Crippen molar-refractivity contribution in [3.05, 3.63) is 212 Å². The first-order valence-corrected chi connectivity index (χ1v) is 19.1. The van der Waals surface area contributed by atoms with Gasteiger partial charge < -0.3 is 0 Å². The Labute approximate surface area is 346 Å². The maximum absolute atomic E-state index is 9.53. The van der Waals surface area contributed by atoms with Crippen LogP contribution in [0.25, 0.3) is 111 Å². The van der Waals surface area contributed by atoms with Gasteiger partial charge >= 0.3 is 0 Å². The second kappa shape index (κ2) is 14.1. The Morgan fingerprint density at radius 1 is 0.293 bits per heavy atom. The summed E-state index contributed by atoms with van der Waals surface area (Å²) in [6.07, 6.45) is 0. The van der Waals surface area contributed by atoms with Crippen LogP contribution < -0.4 is 0 Å². The van der Waals surface area contributed by atoms with Crippen LogP contribution in [-0.4, -0.2) is 15.0 Å². The highest BCUT2D eigenvalue weighted by Gasteiger charge is 2.21. The predicted octanol–water partition coefficient (Wildman–Crippen LogP) is 14.5. The molecule has 3 heteroatoms. The van der Waals surface area contributed by atoms with Crippen molar-refractivity contribution in [2.24, 2.45) is 0 Å². The molecule has 0 aliphatic carbocycles. The molecule has 0 aliphatic rings. The molecule has 1 heterocycles. The van der Waals surface area contributed by atoms with Crippen molar-refractivity contribution in [2.75, 3.05) is 0 Å². The molecule has 270 valence electrons. The molecule has 11 rings (SSSR count). The van der Waals surface area contributed by atoms with Crippen molar-refractivity contribution >= 4 is 43.1 Å². The molecule has 0 saturated heterocycles. The second-order valence-corrected chi connectivity index (χ2v) is 14.1. The zero-order chi connectivity index (χ0) is 44.5. The summed E-state index contributed by atoms with van der Waals surface area (Å²) in [5.74, 6) is 1.63. The largest absolute Gasteiger partial charge is 0.208 e. The van der Waals surface area contributed by atoms with Gasteiger partial charge in [0.15, 0.2) is 17.5 Å². The molecule has 58 heavy (non-hydrogen) atoms. The second-order valence-electron chi connectivity index (χ2n) is 14.1. The zero-order valence-corrected chi connectivity index (χ0v) is 31.0. The predicted molar refractivity (Wildman–Crippen MR) is 242 cm³/mol. The highest BCUT2D eigenvalue weighted by atomic mass is 15.0. The van der Waals surface area contributed by atoms with Gasteiger partial charge in [-0.25, -0.2) is 15.0 Å². The zero-order valence-electron chi connectivity index (χ0n) is 38.0. The Bertz CT molecular complexity index is 3690. The Morgan fingerprint density at radius 2 is 0.759 bits per heavy atom. The molecular weight excluding hydrogens is 703 g/mol. The van der Waals surface area contributed by atoms with Crippen molar-refractivity contribution in [1.29, 1.82) is 0 Å². The van der Waals surface area contributed by atoms with E-state index >= 15 is 0 Å². The van der Waals surface area contributed by atoms with Crippen LogP contribution in [0.5, 0.6) is 0 Å². The number of benzene rings is 10. The molecule has 0 unspecified atom stereocenters. The summed E-state index contributed by atoms with van der Waals surface area (Å²) < 4.78 is 62.1. The van der Waals surface area contributed by atoms with E-state index in [2.05, 4.69) is 42.5 Å². The minimum absolute atomic E-state index is 0.0775. The van der Waals surface area contributed by atoms with E-state index < -0.39 is 24.2 Å². The summed E-state index contributed by atoms with van der Waals surface area (Å²) in [4.78, 5) is 15.5. The lowest BCUT2D eigenvalue weighted by molar-refractivity contribution is 1.08. The van der Waals surface area contributed by atoms with Gasteiger partial charge in [-0.3, -0.25) is 0 Å². The van der Waals surface area contributed by atoms with E-state index in [0.717, 1.165) is 71.3 Å². The smallest absolute Gasteiger partial charge is 0.164 e. The molecule has 0 bridgehead atoms. The summed E-state index contributed by atoms with van der Waals surface area (Å²) in [5, 5.41) is 4.86. The Hall–Kier alpha value is -7.75. The third kappa shape index (κ3) is 5.72. The summed E-state index contributed by atoms with van der Waals surface area (Å²) in [6, 6.07) is 53.7. The molecule has 0 aliphatic heterocycles. The van der Waals surface area contributed by atoms with Crippen LogP contribution in [0, 0.1) is 0 Å². The van der Waals surface area contributed by atoms with E-state index in [1.54, 1.807) is 0 Å². The average molecular weight is 745 g/mol. The lowest BCUT2D eigenvalue weighted by atomic mass is 9.84. The van der Waals surface area contributed by atoms with Gasteiger partial charge in [0.2, 0.25) is 0 Å². The molecule has 10 aromatic carbocycles. The Morgan fingerprint density at radius 3 is 1.41 bits per heavy atom. The van der Waals surface area contributed by atoms with Crippen LogP contribution in [-0.2, 0) is 0 Å². The number of rotatable bonds is 6. The van der Waals surface area contributed by atoms with Gasteiger partial charge in [-0.05, 0) is 88.6 Å². The maximum atomic E-state index is 9.53. The fourth-order valence-electron chi connectivity index (χ4n) is 8.19. The van der Waals surface area contributed by atoms with E-state index in [4.69, 9.17) is 21.8 Å². The van der Waals surface area contributed by atoms with Crippen LogP contribution in [0.4, 0.5) is 0 Å². The van der Waals surface area contributed by atoms with Crippen molar-refractivity contribution in [3.8, 4) is 67.5 Å². The molecule has 11 aromatic rings. The molecular formula is C55H35N3. The fourth-order valence-corrected chi connectivity index (χ4v) is 8.19. The van der Waals surface area contributed by atoms with Crippen molar-refractivity contribution in [3.63, 3.8) is 0 Å². The average Bonchev–Trinajstić information content (AvgIpc) is 3.36. The van der Waals surface area contributed by atoms with E-state index in [1.165, 1.54) is 0 Å². The molecule has 0 spiro atoms. The molecule has 0 fully saturated rings. The van der Waals surface area contributed by atoms with Gasteiger partial charge in [-0.2, -0.15) is 0 Å². The van der Waals surface area contributed by atoms with Crippen molar-refractivity contribution in [1.82, 2.24) is 15.0 Å². The molecule has 0 N–H and O–H groups in total. The minimum atomic E-state index is -0.498. The van der Waals surface area contributed by atoms with Gasteiger partial charge in [0.1, 0.15) is 0 Å². The van der Waals surface area contributed by atoms with Crippen molar-refractivity contribution in [2.45, 2.75) is 0 Å². The highest BCUT2D eigenvalue weighted by Crippen LogP contribution is 2.46. The number of aromatic nitrogens is 3. The number of nitrogens with zero attached hydrogens (tertiary/aromatic N) is 3. The summed E-state index contributed by atoms with van der Waals surface area (Å²) in [6.45, 7) is 0. The highest BCUT2D eigenvalue weighted by molar-refractivity contribution is 6.24. The SMILES string of the molecule is [2H]c1c([2H])c([2H])c2c([2H])c(-c3c4ccccc4c(-c4ccc(-c5nc(-c6ccccc6)nc(-c6ccccc6-c6ccccc6)n5)c5ccccc45)c4ccccc34)c([2H])c([2H])c2c1[2H]. The number of hydrogen-bond donors (Lipinski definition) is 0. The van der Waals surface area contributed by atoms with Gasteiger partial charge in [0.05, 0.1) is 9.60 Å². The molecule has 3 nitrogen and oxygen atoms in total. The van der Waals surface area contributed by atoms with E-state index in [0.29, 0.717) is 23.0 Å². The van der Waals surface area contributed by atoms with Gasteiger partial charge in [0.25, 0.3) is 0 Å². The minimum Gasteiger partial charge on any atom is -0.208 e. The third-order valence-electron chi connectivity index (χ3n) is 10.8. The summed E-state index contributed by atoms with van der Waals surface area (Å²) >= 11 is 0. The molecule has 1 aromatic heterocycles. The van der Waals surface area contributed by atoms with Gasteiger partial charge in [-0.1, -0.05) is 200 Å². The van der Waals surface area contributed by atoms with Crippen LogP contribution in [0.1, 0.15) is 9.60 Å². The van der Waals surface area contributed by atoms with Crippen LogP contribution >= 0.6 is 0 Å². The first-order chi connectivity index (χ1) is 31.7. The van der Waals surface area contributed by atoms with E-state index in [1.807, 2.05) is 127 Å². The quantitative estimate of drug-likeness (QED) is 0.159. The molecule has 0 amide bonds. The number of hydrogen-bond acceptors (Lipinski definition) is 3. The molecule has 0 atom stereocenters. The van der Waals surface area contributed by atoms with Crippen molar-refractivity contribution < 1.29 is 9.60 Å². The molecule has 0 radical (unpaired) electrons. The summed E-state index contributed by atoms with van der Waals surface area (Å²) in [7, 11) is 0. The van der Waals surface area contributed by atoms with Gasteiger partial charge in [0, 0.05) is 16.7 Å². The lowest BCUT2D eigenvalue weighted by Gasteiger charge is -2.20. The topological polar surface area (TPSA) is 38.7 Å². The summed E-state index contributed by atoms with van der Waals surface area (Å²) in [5.41, 5.74) is 7.22. The number of fused-ring (bicyclic) bond motifs is 4. The maximum Gasteiger partial charge on any atom is 0.164 e. The van der Waals surface area contributed by atoms with Gasteiger partial charge in [-0.15, -0.1) is 0 Å². The fraction of sp³-hybridized carbons (Fsp3) is 0. The monoisotopic (exact) mass is 744 g/mol. The van der Waals surface area contributed by atoms with Crippen LogP contribution in [0.15, 0.2) is 212 Å². The Balaban J connectivity index is 1.17. The first-order valence-electron chi connectivity index (χ1n) is 22.6. The first kappa shape index (κ1) is 27.0. The van der Waals surface area contributed by atoms with E-state index in [-0.39, 0.29) is 34.5 Å². The lowest BCUT2D eigenvalue weighted by Crippen LogP contribution is -2.01.